The zero-order valence-electron chi connectivity index (χ0n) is 17.1. The molecule has 0 amide bonds. The van der Waals surface area contributed by atoms with Crippen molar-refractivity contribution in [1.82, 2.24) is 9.97 Å². The highest BCUT2D eigenvalue weighted by Crippen LogP contribution is 2.29. The molecule has 30 heavy (non-hydrogen) atoms. The number of hydrogen-bond acceptors (Lipinski definition) is 6. The van der Waals surface area contributed by atoms with Crippen LogP contribution in [0.25, 0.3) is 16.8 Å². The summed E-state index contributed by atoms with van der Waals surface area (Å²) in [5.41, 5.74) is 4.64. The summed E-state index contributed by atoms with van der Waals surface area (Å²) in [5, 5.41) is 23.2. The molecule has 0 atom stereocenters. The molecule has 3 rings (SSSR count). The van der Waals surface area contributed by atoms with Crippen LogP contribution < -0.4 is 5.32 Å². The van der Waals surface area contributed by atoms with Crippen LogP contribution in [0.3, 0.4) is 0 Å². The van der Waals surface area contributed by atoms with E-state index in [2.05, 4.69) is 12.2 Å². The first-order chi connectivity index (χ1) is 14.5. The lowest BCUT2D eigenvalue weighted by Crippen LogP contribution is -2.05. The molecule has 3 N–H and O–H groups in total. The second-order valence-electron chi connectivity index (χ2n) is 6.86. The van der Waals surface area contributed by atoms with Gasteiger partial charge in [0.15, 0.2) is 5.82 Å². The van der Waals surface area contributed by atoms with Gasteiger partial charge in [0, 0.05) is 23.6 Å². The van der Waals surface area contributed by atoms with Crippen molar-refractivity contribution in [2.75, 3.05) is 11.9 Å². The van der Waals surface area contributed by atoms with Crippen molar-refractivity contribution < 1.29 is 15.0 Å². The standard InChI is InChI=1S/C23H25N3O3S/c1-3-19-15(2)24-23(20-12-17(14-30-20)6-4-5-11-27)26-22(19)25-18-9-7-16(8-10-18)13-21(28)29/h4,6-10,12,14,27H,3,5,11,13H2,1-2H3,(H,28,29)(H,24,25,26). The first kappa shape index (κ1) is 21.7. The predicted octanol–water partition coefficient (Wildman–Crippen LogP) is 4.84. The number of nitrogens with zero attached hydrogens (tertiary/aromatic N) is 2. The topological polar surface area (TPSA) is 95.3 Å². The maximum Gasteiger partial charge on any atom is 0.307 e. The van der Waals surface area contributed by atoms with Crippen molar-refractivity contribution in [2.45, 2.75) is 33.1 Å². The van der Waals surface area contributed by atoms with Crippen molar-refractivity contribution in [3.63, 3.8) is 0 Å². The Hall–Kier alpha value is -3.03. The summed E-state index contributed by atoms with van der Waals surface area (Å²) >= 11 is 1.58. The molecular weight excluding hydrogens is 398 g/mol. The van der Waals surface area contributed by atoms with Gasteiger partial charge < -0.3 is 15.5 Å². The molecule has 0 spiro atoms. The fourth-order valence-electron chi connectivity index (χ4n) is 3.10. The third-order valence-corrected chi connectivity index (χ3v) is 5.53. The highest BCUT2D eigenvalue weighted by atomic mass is 32.1. The van der Waals surface area contributed by atoms with E-state index in [1.807, 2.05) is 42.7 Å². The minimum absolute atomic E-state index is 0.00468. The van der Waals surface area contributed by atoms with E-state index in [4.69, 9.17) is 20.2 Å². The third-order valence-electron chi connectivity index (χ3n) is 4.59. The summed E-state index contributed by atoms with van der Waals surface area (Å²) in [7, 11) is 0. The normalized spacial score (nSPS) is 11.2. The molecule has 3 aromatic rings. The molecule has 0 saturated carbocycles. The summed E-state index contributed by atoms with van der Waals surface area (Å²) in [4.78, 5) is 21.3. The van der Waals surface area contributed by atoms with Crippen LogP contribution in [0.4, 0.5) is 11.5 Å². The molecule has 2 heterocycles. The molecule has 0 bridgehead atoms. The van der Waals surface area contributed by atoms with Gasteiger partial charge in [0.2, 0.25) is 0 Å². The van der Waals surface area contributed by atoms with Crippen molar-refractivity contribution in [3.05, 3.63) is 64.2 Å². The molecule has 0 unspecified atom stereocenters. The van der Waals surface area contributed by atoms with Crippen LogP contribution in [0.15, 0.2) is 41.8 Å². The van der Waals surface area contributed by atoms with E-state index in [9.17, 15) is 4.79 Å². The van der Waals surface area contributed by atoms with E-state index >= 15 is 0 Å². The van der Waals surface area contributed by atoms with Crippen LogP contribution in [-0.4, -0.2) is 32.8 Å². The fourth-order valence-corrected chi connectivity index (χ4v) is 3.91. The minimum atomic E-state index is -0.846. The Kier molecular flexibility index (Phi) is 7.32. The number of aliphatic hydroxyl groups excluding tert-OH is 1. The largest absolute Gasteiger partial charge is 0.481 e. The molecule has 0 aliphatic carbocycles. The lowest BCUT2D eigenvalue weighted by atomic mass is 10.1. The Morgan fingerprint density at radius 1 is 1.23 bits per heavy atom. The second kappa shape index (κ2) is 10.1. The molecule has 0 radical (unpaired) electrons. The SMILES string of the molecule is CCc1c(C)nc(-c2cc(C=CCCO)cs2)nc1Nc1ccc(CC(=O)O)cc1. The lowest BCUT2D eigenvalue weighted by molar-refractivity contribution is -0.136. The Balaban J connectivity index is 1.87. The molecule has 0 aliphatic heterocycles. The van der Waals surface area contributed by atoms with E-state index < -0.39 is 5.97 Å². The van der Waals surface area contributed by atoms with Gasteiger partial charge in [0.1, 0.15) is 5.82 Å². The zero-order valence-corrected chi connectivity index (χ0v) is 17.9. The maximum atomic E-state index is 10.9. The number of aromatic nitrogens is 2. The van der Waals surface area contributed by atoms with Crippen molar-refractivity contribution in [1.29, 1.82) is 0 Å². The summed E-state index contributed by atoms with van der Waals surface area (Å²) < 4.78 is 0. The number of carboxylic acid groups (broad SMARTS) is 1. The summed E-state index contributed by atoms with van der Waals surface area (Å²) in [6, 6.07) is 9.39. The van der Waals surface area contributed by atoms with Crippen molar-refractivity contribution in [2.24, 2.45) is 0 Å². The van der Waals surface area contributed by atoms with Gasteiger partial charge in [-0.1, -0.05) is 31.2 Å². The van der Waals surface area contributed by atoms with Gasteiger partial charge in [-0.25, -0.2) is 9.97 Å². The number of nitrogens with one attached hydrogen (secondary N) is 1. The molecule has 6 nitrogen and oxygen atoms in total. The average Bonchev–Trinajstić information content (AvgIpc) is 3.18. The molecule has 0 saturated heterocycles. The van der Waals surface area contributed by atoms with Crippen molar-refractivity contribution >= 4 is 34.9 Å². The quantitative estimate of drug-likeness (QED) is 0.456. The van der Waals surface area contributed by atoms with Gasteiger partial charge in [-0.15, -0.1) is 11.3 Å². The summed E-state index contributed by atoms with van der Waals surface area (Å²) in [6.07, 6.45) is 5.36. The van der Waals surface area contributed by atoms with Gasteiger partial charge in [-0.2, -0.15) is 0 Å². The maximum absolute atomic E-state index is 10.9. The Morgan fingerprint density at radius 3 is 2.67 bits per heavy atom. The third kappa shape index (κ3) is 5.52. The zero-order chi connectivity index (χ0) is 21.5. The van der Waals surface area contributed by atoms with E-state index in [0.29, 0.717) is 12.2 Å². The molecule has 0 aliphatic rings. The number of aliphatic carboxylic acids is 1. The van der Waals surface area contributed by atoms with Gasteiger partial charge >= 0.3 is 5.97 Å². The minimum Gasteiger partial charge on any atom is -0.481 e. The summed E-state index contributed by atoms with van der Waals surface area (Å²) in [5.74, 6) is 0.583. The van der Waals surface area contributed by atoms with Gasteiger partial charge in [0.25, 0.3) is 0 Å². The Labute approximate surface area is 180 Å². The van der Waals surface area contributed by atoms with Crippen LogP contribution in [0.2, 0.25) is 0 Å². The summed E-state index contributed by atoms with van der Waals surface area (Å²) in [6.45, 7) is 4.20. The van der Waals surface area contributed by atoms with E-state index in [1.165, 1.54) is 0 Å². The smallest absolute Gasteiger partial charge is 0.307 e. The highest BCUT2D eigenvalue weighted by Gasteiger charge is 2.13. The predicted molar refractivity (Wildman–Crippen MR) is 121 cm³/mol. The number of benzene rings is 1. The first-order valence-electron chi connectivity index (χ1n) is 9.81. The van der Waals surface area contributed by atoms with E-state index in [-0.39, 0.29) is 13.0 Å². The number of aryl methyl sites for hydroxylation is 1. The second-order valence-corrected chi connectivity index (χ2v) is 7.78. The van der Waals surface area contributed by atoms with Crippen molar-refractivity contribution in [3.8, 4) is 10.7 Å². The van der Waals surface area contributed by atoms with E-state index in [0.717, 1.165) is 45.2 Å². The number of thiophene rings is 1. The van der Waals surface area contributed by atoms with Crippen LogP contribution >= 0.6 is 11.3 Å². The molecule has 2 aromatic heterocycles. The number of carbonyl (C=O) groups is 1. The molecular formula is C23H25N3O3S. The number of anilines is 2. The number of aliphatic hydroxyl groups is 1. The van der Waals surface area contributed by atoms with Crippen LogP contribution in [0.5, 0.6) is 0 Å². The van der Waals surface area contributed by atoms with Crippen LogP contribution in [-0.2, 0) is 17.6 Å². The average molecular weight is 424 g/mol. The van der Waals surface area contributed by atoms with Gasteiger partial charge in [0.05, 0.1) is 11.3 Å². The molecule has 7 heteroatoms. The monoisotopic (exact) mass is 423 g/mol. The van der Waals surface area contributed by atoms with Gasteiger partial charge in [-0.3, -0.25) is 4.79 Å². The highest BCUT2D eigenvalue weighted by molar-refractivity contribution is 7.13. The molecule has 0 fully saturated rings. The van der Waals surface area contributed by atoms with Gasteiger partial charge in [-0.05, 0) is 54.5 Å². The Morgan fingerprint density at radius 2 is 2.00 bits per heavy atom. The lowest BCUT2D eigenvalue weighted by Gasteiger charge is -2.14. The van der Waals surface area contributed by atoms with Crippen LogP contribution in [0.1, 0.15) is 35.7 Å². The Bertz CT molecular complexity index is 1040. The molecule has 1 aromatic carbocycles. The van der Waals surface area contributed by atoms with Crippen LogP contribution in [0, 0.1) is 6.92 Å². The molecule has 156 valence electrons. The number of carboxylic acids is 1. The number of hydrogen-bond donors (Lipinski definition) is 3. The first-order valence-corrected chi connectivity index (χ1v) is 10.7. The van der Waals surface area contributed by atoms with E-state index in [1.54, 1.807) is 23.5 Å². The fraction of sp³-hybridized carbons (Fsp3) is 0.261. The number of rotatable bonds is 9.